The van der Waals surface area contributed by atoms with E-state index in [1.165, 1.54) is 7.05 Å². The van der Waals surface area contributed by atoms with Crippen molar-refractivity contribution in [2.45, 2.75) is 31.6 Å². The number of halogens is 2. The Labute approximate surface area is 115 Å². The maximum absolute atomic E-state index is 13.7. The molecule has 0 saturated carbocycles. The molecule has 106 valence electrons. The minimum Gasteiger partial charge on any atom is -0.389 e. The molecule has 0 saturated heterocycles. The van der Waals surface area contributed by atoms with Gasteiger partial charge in [-0.25, -0.2) is 13.1 Å². The van der Waals surface area contributed by atoms with Gasteiger partial charge in [0.2, 0.25) is 5.95 Å². The Morgan fingerprint density at radius 3 is 2.58 bits per heavy atom. The molecule has 6 nitrogen and oxygen atoms in total. The second-order valence-corrected chi connectivity index (χ2v) is 7.30. The Bertz CT molecular complexity index is 651. The summed E-state index contributed by atoms with van der Waals surface area (Å²) in [4.78, 5) is 5.00. The highest BCUT2D eigenvalue weighted by Crippen LogP contribution is 2.28. The molecule has 1 aliphatic heterocycles. The molecule has 0 aromatic carbocycles. The normalized spacial score (nSPS) is 18.3. The van der Waals surface area contributed by atoms with Crippen LogP contribution in [0.25, 0.3) is 0 Å². The van der Waals surface area contributed by atoms with E-state index in [-0.39, 0.29) is 22.2 Å². The highest BCUT2D eigenvalue weighted by Gasteiger charge is 2.37. The standard InChI is InChI=1S/C10H13ClFN3O3S/c1-10(2)4-7(14-18-10)19(16,17)5-6-8(11)13-15(3)9(6)12/h4-5H2,1-3H3. The first-order valence-corrected chi connectivity index (χ1v) is 7.50. The minimum atomic E-state index is -3.77. The molecular weight excluding hydrogens is 297 g/mol. The van der Waals surface area contributed by atoms with E-state index in [1.807, 2.05) is 0 Å². The third-order valence-electron chi connectivity index (χ3n) is 2.68. The second-order valence-electron chi connectivity index (χ2n) is 4.96. The molecule has 1 aliphatic rings. The summed E-state index contributed by atoms with van der Waals surface area (Å²) >= 11 is 5.71. The van der Waals surface area contributed by atoms with Gasteiger partial charge >= 0.3 is 0 Å². The lowest BCUT2D eigenvalue weighted by Crippen LogP contribution is -2.23. The van der Waals surface area contributed by atoms with E-state index in [2.05, 4.69) is 10.3 Å². The van der Waals surface area contributed by atoms with Gasteiger partial charge in [-0.3, -0.25) is 0 Å². The number of aryl methyl sites for hydroxylation is 1. The lowest BCUT2D eigenvalue weighted by Gasteiger charge is -2.13. The minimum absolute atomic E-state index is 0.100. The average Bonchev–Trinajstić information content (AvgIpc) is 2.75. The maximum Gasteiger partial charge on any atom is 0.217 e. The van der Waals surface area contributed by atoms with Gasteiger partial charge in [0.05, 0.1) is 11.3 Å². The Kier molecular flexibility index (Phi) is 3.34. The molecule has 0 atom stereocenters. The van der Waals surface area contributed by atoms with Crippen molar-refractivity contribution in [1.82, 2.24) is 9.78 Å². The van der Waals surface area contributed by atoms with Crippen molar-refractivity contribution in [2.75, 3.05) is 0 Å². The van der Waals surface area contributed by atoms with Crippen LogP contribution in [0, 0.1) is 5.95 Å². The number of hydrogen-bond acceptors (Lipinski definition) is 5. The van der Waals surface area contributed by atoms with Crippen LogP contribution in [0.15, 0.2) is 5.16 Å². The quantitative estimate of drug-likeness (QED) is 0.832. The summed E-state index contributed by atoms with van der Waals surface area (Å²) in [6, 6.07) is 0. The van der Waals surface area contributed by atoms with E-state index in [1.54, 1.807) is 13.8 Å². The third kappa shape index (κ3) is 2.74. The molecule has 0 unspecified atom stereocenters. The van der Waals surface area contributed by atoms with Gasteiger partial charge in [-0.2, -0.15) is 9.49 Å². The lowest BCUT2D eigenvalue weighted by atomic mass is 10.1. The van der Waals surface area contributed by atoms with Crippen molar-refractivity contribution in [3.63, 3.8) is 0 Å². The molecular formula is C10H13ClFN3O3S. The molecule has 9 heteroatoms. The number of nitrogens with zero attached hydrogens (tertiary/aromatic N) is 3. The number of hydrogen-bond donors (Lipinski definition) is 0. The van der Waals surface area contributed by atoms with Crippen LogP contribution >= 0.6 is 11.6 Å². The molecule has 2 heterocycles. The molecule has 2 rings (SSSR count). The molecule has 0 spiro atoms. The SMILES string of the molecule is Cn1nc(Cl)c(CS(=O)(=O)C2=NOC(C)(C)C2)c1F. The Balaban J connectivity index is 2.28. The smallest absolute Gasteiger partial charge is 0.217 e. The van der Waals surface area contributed by atoms with Crippen molar-refractivity contribution >= 4 is 26.5 Å². The highest BCUT2D eigenvalue weighted by molar-refractivity contribution is 8.05. The molecule has 1 aromatic heterocycles. The summed E-state index contributed by atoms with van der Waals surface area (Å²) in [5.41, 5.74) is -0.823. The molecule has 0 N–H and O–H groups in total. The highest BCUT2D eigenvalue weighted by atomic mass is 35.5. The van der Waals surface area contributed by atoms with Crippen LogP contribution in [0.3, 0.4) is 0 Å². The van der Waals surface area contributed by atoms with Gasteiger partial charge in [-0.05, 0) is 13.8 Å². The van der Waals surface area contributed by atoms with E-state index in [0.717, 1.165) is 4.68 Å². The van der Waals surface area contributed by atoms with Crippen molar-refractivity contribution in [1.29, 1.82) is 0 Å². The Morgan fingerprint density at radius 2 is 2.16 bits per heavy atom. The Morgan fingerprint density at radius 1 is 1.53 bits per heavy atom. The fraction of sp³-hybridized carbons (Fsp3) is 0.600. The zero-order valence-electron chi connectivity index (χ0n) is 10.6. The van der Waals surface area contributed by atoms with E-state index >= 15 is 0 Å². The van der Waals surface area contributed by atoms with Crippen LogP contribution in [0.5, 0.6) is 0 Å². The van der Waals surface area contributed by atoms with Gasteiger partial charge in [0.1, 0.15) is 5.60 Å². The van der Waals surface area contributed by atoms with E-state index in [9.17, 15) is 12.8 Å². The first kappa shape index (κ1) is 14.3. The first-order valence-electron chi connectivity index (χ1n) is 5.47. The topological polar surface area (TPSA) is 73.5 Å². The molecule has 0 bridgehead atoms. The summed E-state index contributed by atoms with van der Waals surface area (Å²) in [5, 5.41) is 6.92. The summed E-state index contributed by atoms with van der Waals surface area (Å²) in [7, 11) is -2.42. The fourth-order valence-corrected chi connectivity index (χ4v) is 3.54. The fourth-order valence-electron chi connectivity index (χ4n) is 1.68. The molecule has 0 fully saturated rings. The zero-order valence-corrected chi connectivity index (χ0v) is 12.2. The first-order chi connectivity index (χ1) is 8.62. The zero-order chi connectivity index (χ0) is 14.4. The van der Waals surface area contributed by atoms with Gasteiger partial charge < -0.3 is 4.84 Å². The van der Waals surface area contributed by atoms with Gasteiger partial charge in [0.15, 0.2) is 20.0 Å². The lowest BCUT2D eigenvalue weighted by molar-refractivity contribution is 0.0123. The summed E-state index contributed by atoms with van der Waals surface area (Å²) in [6.07, 6.45) is 0.148. The van der Waals surface area contributed by atoms with Gasteiger partial charge in [0, 0.05) is 13.5 Å². The number of rotatable bonds is 2. The average molecular weight is 310 g/mol. The van der Waals surface area contributed by atoms with Crippen LogP contribution in [0.4, 0.5) is 4.39 Å². The summed E-state index contributed by atoms with van der Waals surface area (Å²) in [5.74, 6) is -1.35. The van der Waals surface area contributed by atoms with Crippen molar-refractivity contribution in [3.8, 4) is 0 Å². The van der Waals surface area contributed by atoms with Crippen LogP contribution in [-0.4, -0.2) is 28.8 Å². The van der Waals surface area contributed by atoms with E-state index in [0.29, 0.717) is 0 Å². The van der Waals surface area contributed by atoms with Crippen molar-refractivity contribution in [2.24, 2.45) is 12.2 Å². The van der Waals surface area contributed by atoms with E-state index < -0.39 is 27.1 Å². The summed E-state index contributed by atoms with van der Waals surface area (Å²) in [6.45, 7) is 3.44. The molecule has 19 heavy (non-hydrogen) atoms. The molecule has 0 radical (unpaired) electrons. The van der Waals surface area contributed by atoms with Crippen LogP contribution in [0.2, 0.25) is 5.15 Å². The number of sulfone groups is 1. The number of oxime groups is 1. The third-order valence-corrected chi connectivity index (χ3v) is 4.59. The second kappa shape index (κ2) is 4.45. The Hall–Kier alpha value is -1.15. The molecule has 0 aliphatic carbocycles. The predicted octanol–water partition coefficient (Wildman–Crippen LogP) is 1.64. The van der Waals surface area contributed by atoms with Crippen LogP contribution < -0.4 is 0 Å². The van der Waals surface area contributed by atoms with Crippen molar-refractivity contribution in [3.05, 3.63) is 16.7 Å². The summed E-state index contributed by atoms with van der Waals surface area (Å²) < 4.78 is 38.8. The van der Waals surface area contributed by atoms with Crippen molar-refractivity contribution < 1.29 is 17.6 Å². The number of aromatic nitrogens is 2. The van der Waals surface area contributed by atoms with Crippen LogP contribution in [0.1, 0.15) is 25.8 Å². The molecule has 1 aromatic rings. The van der Waals surface area contributed by atoms with Gasteiger partial charge in [-0.15, -0.1) is 0 Å². The van der Waals surface area contributed by atoms with E-state index in [4.69, 9.17) is 16.4 Å². The van der Waals surface area contributed by atoms with Gasteiger partial charge in [-0.1, -0.05) is 16.8 Å². The maximum atomic E-state index is 13.7. The largest absolute Gasteiger partial charge is 0.389 e. The molecule has 0 amide bonds. The monoisotopic (exact) mass is 309 g/mol. The predicted molar refractivity (Wildman–Crippen MR) is 68.0 cm³/mol. The van der Waals surface area contributed by atoms with Gasteiger partial charge in [0.25, 0.3) is 0 Å². The van der Waals surface area contributed by atoms with Crippen LogP contribution in [-0.2, 0) is 27.5 Å².